The van der Waals surface area contributed by atoms with Crippen molar-refractivity contribution in [2.45, 2.75) is 24.9 Å². The van der Waals surface area contributed by atoms with Crippen LogP contribution in [-0.2, 0) is 4.74 Å². The number of fused-ring (bicyclic) bond motifs is 1. The minimum absolute atomic E-state index is 0.218. The van der Waals surface area contributed by atoms with Gasteiger partial charge in [0.1, 0.15) is 12.3 Å². The van der Waals surface area contributed by atoms with Crippen LogP contribution in [0, 0.1) is 0 Å². The van der Waals surface area contributed by atoms with Crippen LogP contribution in [-0.4, -0.2) is 55.6 Å². The first-order valence-electron chi connectivity index (χ1n) is 6.16. The van der Waals surface area contributed by atoms with Crippen LogP contribution in [0.1, 0.15) is 12.6 Å². The van der Waals surface area contributed by atoms with Gasteiger partial charge in [0.25, 0.3) is 0 Å². The molecule has 0 radical (unpaired) electrons. The Morgan fingerprint density at radius 1 is 1.55 bits per heavy atom. The van der Waals surface area contributed by atoms with Crippen LogP contribution >= 0.6 is 15.9 Å². The molecule has 0 amide bonds. The molecule has 1 fully saturated rings. The number of aliphatic hydroxyl groups is 2. The zero-order valence-electron chi connectivity index (χ0n) is 10.7. The van der Waals surface area contributed by atoms with Crippen molar-refractivity contribution in [1.82, 2.24) is 19.5 Å². The molecule has 9 heteroatoms. The Kier molecular flexibility index (Phi) is 3.59. The number of nitrogens with one attached hydrogen (secondary N) is 1. The molecular formula is C11H14BrN5O3. The highest BCUT2D eigenvalue weighted by Gasteiger charge is 2.35. The molecule has 0 aliphatic carbocycles. The van der Waals surface area contributed by atoms with E-state index in [1.165, 1.54) is 0 Å². The predicted molar refractivity (Wildman–Crippen MR) is 74.2 cm³/mol. The minimum atomic E-state index is -0.698. The monoisotopic (exact) mass is 343 g/mol. The van der Waals surface area contributed by atoms with Gasteiger partial charge in [-0.15, -0.1) is 0 Å². The molecule has 0 spiro atoms. The molecule has 2 aromatic rings. The Morgan fingerprint density at radius 2 is 2.35 bits per heavy atom. The van der Waals surface area contributed by atoms with Crippen LogP contribution in [0.5, 0.6) is 0 Å². The molecule has 2 aromatic heterocycles. The zero-order valence-corrected chi connectivity index (χ0v) is 12.3. The van der Waals surface area contributed by atoms with Crippen molar-refractivity contribution in [3.8, 4) is 0 Å². The van der Waals surface area contributed by atoms with Crippen LogP contribution < -0.4 is 5.32 Å². The van der Waals surface area contributed by atoms with E-state index in [1.54, 1.807) is 17.9 Å². The van der Waals surface area contributed by atoms with E-state index < -0.39 is 18.4 Å². The van der Waals surface area contributed by atoms with Gasteiger partial charge >= 0.3 is 0 Å². The molecule has 3 rings (SSSR count). The molecule has 3 N–H and O–H groups in total. The third-order valence-electron chi connectivity index (χ3n) is 3.33. The molecule has 0 unspecified atom stereocenters. The molecule has 3 heterocycles. The molecule has 1 saturated heterocycles. The molecule has 1 aliphatic heterocycles. The molecule has 108 valence electrons. The lowest BCUT2D eigenvalue weighted by Gasteiger charge is -2.13. The Morgan fingerprint density at radius 3 is 3.00 bits per heavy atom. The van der Waals surface area contributed by atoms with E-state index in [0.717, 1.165) is 0 Å². The maximum absolute atomic E-state index is 9.81. The predicted octanol–water partition coefficient (Wildman–Crippen LogP) is 0.271. The van der Waals surface area contributed by atoms with Crippen LogP contribution in [0.25, 0.3) is 11.2 Å². The summed E-state index contributed by atoms with van der Waals surface area (Å²) in [7, 11) is 1.75. The first kappa shape index (κ1) is 13.7. The summed E-state index contributed by atoms with van der Waals surface area (Å²) < 4.78 is 7.79. The number of hydrogen-bond donors (Lipinski definition) is 3. The van der Waals surface area contributed by atoms with Gasteiger partial charge in [0.15, 0.2) is 17.0 Å². The SMILES string of the molecule is CNc1nc(Br)nc2c1ncn2[C@@H]1C[C@@H](O)[C@H](CO)O1. The number of halogens is 1. The van der Waals surface area contributed by atoms with Crippen LogP contribution in [0.2, 0.25) is 0 Å². The Balaban J connectivity index is 2.03. The van der Waals surface area contributed by atoms with Crippen molar-refractivity contribution in [3.05, 3.63) is 11.1 Å². The number of rotatable bonds is 3. The third kappa shape index (κ3) is 2.16. The van der Waals surface area contributed by atoms with Crippen molar-refractivity contribution in [1.29, 1.82) is 0 Å². The fourth-order valence-corrected chi connectivity index (χ4v) is 2.67. The summed E-state index contributed by atoms with van der Waals surface area (Å²) in [6.07, 6.45) is 0.304. The lowest BCUT2D eigenvalue weighted by molar-refractivity contribution is -0.0432. The van der Waals surface area contributed by atoms with E-state index in [4.69, 9.17) is 9.84 Å². The van der Waals surface area contributed by atoms with Gasteiger partial charge in [-0.3, -0.25) is 4.57 Å². The maximum atomic E-state index is 9.81. The first-order chi connectivity index (χ1) is 9.63. The van der Waals surface area contributed by atoms with E-state index in [2.05, 4.69) is 36.2 Å². The van der Waals surface area contributed by atoms with Gasteiger partial charge in [-0.2, -0.15) is 0 Å². The highest BCUT2D eigenvalue weighted by Crippen LogP contribution is 2.32. The van der Waals surface area contributed by atoms with Crippen LogP contribution in [0.15, 0.2) is 11.1 Å². The molecule has 1 aliphatic rings. The standard InChI is InChI=1S/C11H14BrN5O3/c1-13-9-8-10(16-11(12)15-9)17(4-14-8)7-2-5(19)6(3-18)20-7/h4-7,18-19H,2-3H2,1H3,(H,13,15,16)/t5-,6+,7+/m1/s1. The highest BCUT2D eigenvalue weighted by atomic mass is 79.9. The van der Waals surface area contributed by atoms with Crippen molar-refractivity contribution < 1.29 is 14.9 Å². The van der Waals surface area contributed by atoms with Gasteiger partial charge in [0.05, 0.1) is 19.0 Å². The van der Waals surface area contributed by atoms with Gasteiger partial charge in [-0.25, -0.2) is 15.0 Å². The first-order valence-corrected chi connectivity index (χ1v) is 6.95. The van der Waals surface area contributed by atoms with Gasteiger partial charge in [-0.05, 0) is 15.9 Å². The molecule has 20 heavy (non-hydrogen) atoms. The molecule has 8 nitrogen and oxygen atoms in total. The zero-order chi connectivity index (χ0) is 14.3. The number of aliphatic hydroxyl groups excluding tert-OH is 2. The Bertz CT molecular complexity index is 634. The Labute approximate surface area is 122 Å². The van der Waals surface area contributed by atoms with Gasteiger partial charge in [0.2, 0.25) is 4.73 Å². The highest BCUT2D eigenvalue weighted by molar-refractivity contribution is 9.10. The fourth-order valence-electron chi connectivity index (χ4n) is 2.33. The number of imidazole rings is 1. The summed E-state index contributed by atoms with van der Waals surface area (Å²) in [6, 6.07) is 0. The summed E-state index contributed by atoms with van der Waals surface area (Å²) in [5.41, 5.74) is 1.23. The fraction of sp³-hybridized carbons (Fsp3) is 0.545. The third-order valence-corrected chi connectivity index (χ3v) is 3.68. The lowest BCUT2D eigenvalue weighted by Crippen LogP contribution is -2.24. The largest absolute Gasteiger partial charge is 0.394 e. The molecular weight excluding hydrogens is 330 g/mol. The summed E-state index contributed by atoms with van der Waals surface area (Å²) in [5, 5.41) is 21.9. The van der Waals surface area contributed by atoms with Crippen molar-refractivity contribution in [2.24, 2.45) is 0 Å². The second kappa shape index (κ2) is 5.24. The topological polar surface area (TPSA) is 105 Å². The van der Waals surface area contributed by atoms with Gasteiger partial charge in [-0.1, -0.05) is 0 Å². The maximum Gasteiger partial charge on any atom is 0.200 e. The number of anilines is 1. The molecule has 0 aromatic carbocycles. The minimum Gasteiger partial charge on any atom is -0.394 e. The lowest BCUT2D eigenvalue weighted by atomic mass is 10.2. The van der Waals surface area contributed by atoms with Crippen LogP contribution in [0.3, 0.4) is 0 Å². The Hall–Kier alpha value is -1.29. The summed E-state index contributed by atoms with van der Waals surface area (Å²) in [4.78, 5) is 12.8. The summed E-state index contributed by atoms with van der Waals surface area (Å²) in [6.45, 7) is -0.218. The number of aromatic nitrogens is 4. The number of hydrogen-bond acceptors (Lipinski definition) is 7. The van der Waals surface area contributed by atoms with Gasteiger partial charge < -0.3 is 20.3 Å². The smallest absolute Gasteiger partial charge is 0.200 e. The molecule has 3 atom stereocenters. The average Bonchev–Trinajstić information content (AvgIpc) is 3.00. The second-order valence-electron chi connectivity index (χ2n) is 4.53. The van der Waals surface area contributed by atoms with Crippen molar-refractivity contribution in [3.63, 3.8) is 0 Å². The second-order valence-corrected chi connectivity index (χ2v) is 5.24. The molecule has 0 bridgehead atoms. The van der Waals surface area contributed by atoms with Crippen molar-refractivity contribution >= 4 is 32.9 Å². The van der Waals surface area contributed by atoms with E-state index in [1.807, 2.05) is 0 Å². The van der Waals surface area contributed by atoms with E-state index in [-0.39, 0.29) is 6.61 Å². The summed E-state index contributed by atoms with van der Waals surface area (Å²) >= 11 is 3.26. The molecule has 0 saturated carbocycles. The number of nitrogens with zero attached hydrogens (tertiary/aromatic N) is 4. The van der Waals surface area contributed by atoms with Crippen molar-refractivity contribution in [2.75, 3.05) is 19.0 Å². The van der Waals surface area contributed by atoms with Crippen LogP contribution in [0.4, 0.5) is 5.82 Å². The van der Waals surface area contributed by atoms with Gasteiger partial charge in [0, 0.05) is 13.5 Å². The van der Waals surface area contributed by atoms with E-state index in [0.29, 0.717) is 28.1 Å². The number of ether oxygens (including phenoxy) is 1. The average molecular weight is 344 g/mol. The summed E-state index contributed by atoms with van der Waals surface area (Å²) in [5.74, 6) is 0.609. The van der Waals surface area contributed by atoms with E-state index >= 15 is 0 Å². The van der Waals surface area contributed by atoms with E-state index in [9.17, 15) is 5.11 Å². The normalized spacial score (nSPS) is 26.3. The quantitative estimate of drug-likeness (QED) is 0.687.